The summed E-state index contributed by atoms with van der Waals surface area (Å²) in [5.74, 6) is 0.701. The molecule has 4 rings (SSSR count). The first-order valence-corrected chi connectivity index (χ1v) is 11.5. The number of hydrogen-bond donors (Lipinski definition) is 1. The Morgan fingerprint density at radius 2 is 1.63 bits per heavy atom. The number of carbonyl (C=O) groups excluding carboxylic acids is 2. The Hall–Kier alpha value is -2.54. The number of aryl methyl sites for hydroxylation is 1. The van der Waals surface area contributed by atoms with E-state index in [1.54, 1.807) is 37.7 Å². The van der Waals surface area contributed by atoms with Crippen molar-refractivity contribution in [2.75, 3.05) is 32.6 Å². The summed E-state index contributed by atoms with van der Waals surface area (Å²) in [7, 11) is 3.09. The van der Waals surface area contributed by atoms with Gasteiger partial charge in [-0.2, -0.15) is 0 Å². The van der Waals surface area contributed by atoms with Crippen molar-refractivity contribution in [2.45, 2.75) is 44.9 Å². The van der Waals surface area contributed by atoms with Crippen molar-refractivity contribution < 1.29 is 19.1 Å². The number of amides is 2. The molecule has 6 nitrogen and oxygen atoms in total. The summed E-state index contributed by atoms with van der Waals surface area (Å²) in [4.78, 5) is 29.6. The molecule has 1 N–H and O–H groups in total. The number of methoxy groups -OCH3 is 2. The van der Waals surface area contributed by atoms with Gasteiger partial charge in [-0.25, -0.2) is 0 Å². The van der Waals surface area contributed by atoms with E-state index in [4.69, 9.17) is 9.47 Å². The highest BCUT2D eigenvalue weighted by molar-refractivity contribution is 7.10. The number of nitrogens with one attached hydrogen (secondary N) is 1. The summed E-state index contributed by atoms with van der Waals surface area (Å²) >= 11 is 1.66. The summed E-state index contributed by atoms with van der Waals surface area (Å²) in [5, 5.41) is 4.94. The third kappa shape index (κ3) is 4.03. The predicted molar refractivity (Wildman–Crippen MR) is 118 cm³/mol. The maximum atomic E-state index is 13.3. The number of piperidine rings is 1. The molecular formula is C23H28N2O4S. The van der Waals surface area contributed by atoms with E-state index in [0.29, 0.717) is 22.7 Å². The number of likely N-dealkylation sites (tertiary alicyclic amines) is 1. The van der Waals surface area contributed by atoms with Crippen molar-refractivity contribution in [1.29, 1.82) is 0 Å². The van der Waals surface area contributed by atoms with Crippen LogP contribution in [0.15, 0.2) is 17.5 Å². The van der Waals surface area contributed by atoms with Gasteiger partial charge in [0, 0.05) is 29.4 Å². The normalized spacial score (nSPS) is 16.0. The van der Waals surface area contributed by atoms with Gasteiger partial charge >= 0.3 is 0 Å². The Kier molecular flexibility index (Phi) is 6.27. The van der Waals surface area contributed by atoms with Gasteiger partial charge in [0.2, 0.25) is 0 Å². The van der Waals surface area contributed by atoms with Crippen LogP contribution in [0.5, 0.6) is 11.5 Å². The van der Waals surface area contributed by atoms with Crippen molar-refractivity contribution >= 4 is 28.8 Å². The van der Waals surface area contributed by atoms with Gasteiger partial charge in [0.1, 0.15) is 0 Å². The summed E-state index contributed by atoms with van der Waals surface area (Å²) in [6.07, 6.45) is 7.42. The van der Waals surface area contributed by atoms with E-state index >= 15 is 0 Å². The lowest BCUT2D eigenvalue weighted by Crippen LogP contribution is -2.36. The molecule has 2 aliphatic rings. The van der Waals surface area contributed by atoms with Gasteiger partial charge in [-0.05, 0) is 56.6 Å². The van der Waals surface area contributed by atoms with Crippen molar-refractivity contribution in [3.8, 4) is 11.5 Å². The number of nitrogens with zero attached hydrogens (tertiary/aromatic N) is 1. The van der Waals surface area contributed by atoms with Gasteiger partial charge in [-0.1, -0.05) is 0 Å². The van der Waals surface area contributed by atoms with E-state index in [9.17, 15) is 9.59 Å². The Balaban J connectivity index is 1.67. The van der Waals surface area contributed by atoms with Crippen LogP contribution in [0.4, 0.5) is 5.69 Å². The molecule has 7 heteroatoms. The molecule has 1 aliphatic heterocycles. The lowest BCUT2D eigenvalue weighted by molar-refractivity contribution is 0.0725. The second-order valence-corrected chi connectivity index (χ2v) is 8.78. The number of carbonyl (C=O) groups is 2. The number of anilines is 1. The van der Waals surface area contributed by atoms with Crippen LogP contribution < -0.4 is 14.8 Å². The van der Waals surface area contributed by atoms with Crippen molar-refractivity contribution in [3.63, 3.8) is 0 Å². The maximum Gasteiger partial charge on any atom is 0.256 e. The van der Waals surface area contributed by atoms with Gasteiger partial charge in [0.15, 0.2) is 11.5 Å². The average Bonchev–Trinajstić information content (AvgIpc) is 3.23. The zero-order valence-corrected chi connectivity index (χ0v) is 18.4. The third-order valence-electron chi connectivity index (χ3n) is 5.95. The van der Waals surface area contributed by atoms with Crippen LogP contribution >= 0.6 is 11.3 Å². The molecule has 2 aromatic rings. The highest BCUT2D eigenvalue weighted by Crippen LogP contribution is 2.36. The zero-order valence-electron chi connectivity index (χ0n) is 17.6. The molecule has 1 aromatic heterocycles. The van der Waals surface area contributed by atoms with Crippen LogP contribution in [-0.2, 0) is 12.8 Å². The van der Waals surface area contributed by atoms with Crippen molar-refractivity contribution in [2.24, 2.45) is 0 Å². The molecule has 0 unspecified atom stereocenters. The topological polar surface area (TPSA) is 67.9 Å². The maximum absolute atomic E-state index is 13.3. The summed E-state index contributed by atoms with van der Waals surface area (Å²) in [6.45, 7) is 1.47. The molecule has 1 aliphatic carbocycles. The molecule has 1 fully saturated rings. The van der Waals surface area contributed by atoms with Gasteiger partial charge in [-0.3, -0.25) is 9.59 Å². The van der Waals surface area contributed by atoms with E-state index in [0.717, 1.165) is 62.7 Å². The second-order valence-electron chi connectivity index (χ2n) is 7.82. The Labute approximate surface area is 181 Å². The monoisotopic (exact) mass is 428 g/mol. The highest BCUT2D eigenvalue weighted by atomic mass is 32.1. The van der Waals surface area contributed by atoms with E-state index in [1.807, 2.05) is 10.3 Å². The minimum atomic E-state index is -0.172. The first-order chi connectivity index (χ1) is 14.6. The predicted octanol–water partition coefficient (Wildman–Crippen LogP) is 4.52. The molecular weight excluding hydrogens is 400 g/mol. The van der Waals surface area contributed by atoms with Crippen LogP contribution in [0.3, 0.4) is 0 Å². The Bertz CT molecular complexity index is 947. The largest absolute Gasteiger partial charge is 0.493 e. The first kappa shape index (κ1) is 20.7. The van der Waals surface area contributed by atoms with Crippen LogP contribution in [0.25, 0.3) is 0 Å². The first-order valence-electron chi connectivity index (χ1n) is 10.6. The molecule has 2 amide bonds. The average molecular weight is 429 g/mol. The fourth-order valence-electron chi connectivity index (χ4n) is 4.30. The van der Waals surface area contributed by atoms with E-state index in [-0.39, 0.29) is 11.8 Å². The van der Waals surface area contributed by atoms with E-state index in [1.165, 1.54) is 11.3 Å². The zero-order chi connectivity index (χ0) is 21.1. The fraction of sp³-hybridized carbons (Fsp3) is 0.478. The number of ether oxygens (including phenoxy) is 2. The number of benzene rings is 1. The van der Waals surface area contributed by atoms with Crippen molar-refractivity contribution in [1.82, 2.24) is 4.90 Å². The molecule has 160 valence electrons. The second kappa shape index (κ2) is 9.08. The molecule has 1 aromatic carbocycles. The Morgan fingerprint density at radius 1 is 0.933 bits per heavy atom. The molecule has 2 heterocycles. The van der Waals surface area contributed by atoms with Crippen LogP contribution in [-0.4, -0.2) is 44.0 Å². The number of rotatable bonds is 5. The van der Waals surface area contributed by atoms with Gasteiger partial charge in [-0.15, -0.1) is 11.3 Å². The standard InChI is InChI=1S/C23H28N2O4S/c1-28-19-12-16(23(27)25-10-6-3-7-11-25)18(13-20(19)29-2)24-22(26)17-14-30-21-9-5-4-8-15(17)21/h12-14H,3-11H2,1-2H3,(H,24,26). The number of fused-ring (bicyclic) bond motifs is 1. The molecule has 0 radical (unpaired) electrons. The minimum Gasteiger partial charge on any atom is -0.493 e. The van der Waals surface area contributed by atoms with Crippen molar-refractivity contribution in [3.05, 3.63) is 39.1 Å². The minimum absolute atomic E-state index is 0.0849. The van der Waals surface area contributed by atoms with Crippen LogP contribution in [0.1, 0.15) is 63.3 Å². The SMILES string of the molecule is COc1cc(NC(=O)c2csc3c2CCCC3)c(C(=O)N2CCCCC2)cc1OC. The van der Waals surface area contributed by atoms with Crippen LogP contribution in [0.2, 0.25) is 0 Å². The lowest BCUT2D eigenvalue weighted by atomic mass is 9.95. The molecule has 0 saturated carbocycles. The Morgan fingerprint density at radius 3 is 2.37 bits per heavy atom. The van der Waals surface area contributed by atoms with Crippen LogP contribution in [0, 0.1) is 0 Å². The summed E-state index contributed by atoms with van der Waals surface area (Å²) < 4.78 is 10.8. The smallest absolute Gasteiger partial charge is 0.256 e. The quantitative estimate of drug-likeness (QED) is 0.760. The van der Waals surface area contributed by atoms with E-state index in [2.05, 4.69) is 5.32 Å². The molecule has 0 bridgehead atoms. The highest BCUT2D eigenvalue weighted by Gasteiger charge is 2.26. The molecule has 1 saturated heterocycles. The molecule has 0 atom stereocenters. The lowest BCUT2D eigenvalue weighted by Gasteiger charge is -2.28. The van der Waals surface area contributed by atoms with E-state index < -0.39 is 0 Å². The van der Waals surface area contributed by atoms with Gasteiger partial charge in [0.25, 0.3) is 11.8 Å². The van der Waals surface area contributed by atoms with Gasteiger partial charge in [0.05, 0.1) is 31.0 Å². The summed E-state index contributed by atoms with van der Waals surface area (Å²) in [6, 6.07) is 3.36. The van der Waals surface area contributed by atoms with Gasteiger partial charge < -0.3 is 19.7 Å². The fourth-order valence-corrected chi connectivity index (χ4v) is 5.43. The number of hydrogen-bond acceptors (Lipinski definition) is 5. The molecule has 0 spiro atoms. The summed E-state index contributed by atoms with van der Waals surface area (Å²) in [5.41, 5.74) is 2.78. The molecule has 30 heavy (non-hydrogen) atoms. The third-order valence-corrected chi connectivity index (χ3v) is 7.04. The number of thiophene rings is 1.